The Hall–Kier alpha value is -1.12. The lowest BCUT2D eigenvalue weighted by Crippen LogP contribution is -2.14. The zero-order valence-corrected chi connectivity index (χ0v) is 13.4. The number of unbranched alkanes of at least 4 members (excludes halogenated alkanes) is 4. The molecule has 0 bridgehead atoms. The lowest BCUT2D eigenvalue weighted by molar-refractivity contribution is -0.137. The number of carbonyl (C=O) groups is 2. The highest BCUT2D eigenvalue weighted by Crippen LogP contribution is 2.35. The van der Waals surface area contributed by atoms with E-state index in [4.69, 9.17) is 5.11 Å². The fourth-order valence-corrected chi connectivity index (χ4v) is 3.27. The molecule has 120 valence electrons. The van der Waals surface area contributed by atoms with Crippen molar-refractivity contribution in [1.82, 2.24) is 0 Å². The van der Waals surface area contributed by atoms with Crippen molar-refractivity contribution in [3.63, 3.8) is 0 Å². The molecule has 0 radical (unpaired) electrons. The summed E-state index contributed by atoms with van der Waals surface area (Å²) in [4.78, 5) is 22.3. The first-order valence-corrected chi connectivity index (χ1v) is 8.54. The Morgan fingerprint density at radius 2 is 1.90 bits per heavy atom. The monoisotopic (exact) mass is 294 g/mol. The molecule has 1 aliphatic rings. The van der Waals surface area contributed by atoms with Gasteiger partial charge in [0.15, 0.2) is 0 Å². The molecule has 2 atom stereocenters. The van der Waals surface area contributed by atoms with Crippen LogP contribution in [0.2, 0.25) is 0 Å². The average Bonchev–Trinajstić information content (AvgIpc) is 2.79. The highest BCUT2D eigenvalue weighted by Gasteiger charge is 2.32. The predicted molar refractivity (Wildman–Crippen MR) is 85.2 cm³/mol. The van der Waals surface area contributed by atoms with Crippen LogP contribution in [-0.4, -0.2) is 16.9 Å². The molecular formula is C18H30O3. The summed E-state index contributed by atoms with van der Waals surface area (Å²) < 4.78 is 0. The molecule has 1 rings (SSSR count). The van der Waals surface area contributed by atoms with Crippen molar-refractivity contribution >= 4 is 11.8 Å². The molecule has 0 amide bonds. The first kappa shape index (κ1) is 17.9. The maximum absolute atomic E-state index is 11.9. The third kappa shape index (κ3) is 7.45. The molecule has 21 heavy (non-hydrogen) atoms. The van der Waals surface area contributed by atoms with E-state index in [1.807, 2.05) is 0 Å². The predicted octanol–water partition coefficient (Wildman–Crippen LogP) is 4.75. The molecule has 1 N–H and O–H groups in total. The second-order valence-electron chi connectivity index (χ2n) is 6.19. The van der Waals surface area contributed by atoms with Crippen molar-refractivity contribution in [2.75, 3.05) is 0 Å². The van der Waals surface area contributed by atoms with Gasteiger partial charge in [0.25, 0.3) is 0 Å². The van der Waals surface area contributed by atoms with E-state index in [1.165, 1.54) is 12.8 Å². The summed E-state index contributed by atoms with van der Waals surface area (Å²) >= 11 is 0. The van der Waals surface area contributed by atoms with E-state index >= 15 is 0 Å². The van der Waals surface area contributed by atoms with Gasteiger partial charge in [-0.3, -0.25) is 9.59 Å². The lowest BCUT2D eigenvalue weighted by Gasteiger charge is -2.16. The Bertz CT molecular complexity index is 346. The van der Waals surface area contributed by atoms with Gasteiger partial charge in [-0.15, -0.1) is 0 Å². The van der Waals surface area contributed by atoms with Crippen LogP contribution in [0.1, 0.15) is 77.6 Å². The second-order valence-corrected chi connectivity index (χ2v) is 6.19. The van der Waals surface area contributed by atoms with E-state index in [2.05, 4.69) is 19.1 Å². The molecule has 3 nitrogen and oxygen atoms in total. The van der Waals surface area contributed by atoms with Gasteiger partial charge in [-0.1, -0.05) is 44.8 Å². The van der Waals surface area contributed by atoms with Crippen LogP contribution < -0.4 is 0 Å². The Kier molecular flexibility index (Phi) is 9.04. The molecule has 0 heterocycles. The zero-order chi connectivity index (χ0) is 15.5. The number of allylic oxidation sites excluding steroid dienone is 2. The van der Waals surface area contributed by atoms with Crippen molar-refractivity contribution in [2.24, 2.45) is 11.8 Å². The number of aliphatic carboxylic acids is 1. The molecule has 1 aliphatic carbocycles. The summed E-state index contributed by atoms with van der Waals surface area (Å²) in [6.07, 6.45) is 14.9. The van der Waals surface area contributed by atoms with Crippen molar-refractivity contribution in [2.45, 2.75) is 77.6 Å². The Labute approximate surface area is 128 Å². The minimum atomic E-state index is -0.692. The van der Waals surface area contributed by atoms with Crippen molar-refractivity contribution in [3.8, 4) is 0 Å². The summed E-state index contributed by atoms with van der Waals surface area (Å²) in [5.41, 5.74) is 0. The SMILES string of the molecule is CC/C=C\C[C@@H]1C(=O)CC[C@@H]1CCCCCCCC(=O)O. The zero-order valence-electron chi connectivity index (χ0n) is 13.4. The van der Waals surface area contributed by atoms with Gasteiger partial charge in [-0.05, 0) is 38.0 Å². The van der Waals surface area contributed by atoms with Gasteiger partial charge in [0.2, 0.25) is 0 Å². The van der Waals surface area contributed by atoms with E-state index in [1.54, 1.807) is 0 Å². The largest absolute Gasteiger partial charge is 0.481 e. The van der Waals surface area contributed by atoms with Gasteiger partial charge in [0, 0.05) is 18.8 Å². The molecule has 0 spiro atoms. The Balaban J connectivity index is 2.13. The number of ketones is 1. The van der Waals surface area contributed by atoms with Gasteiger partial charge in [-0.25, -0.2) is 0 Å². The van der Waals surface area contributed by atoms with Crippen LogP contribution in [0.4, 0.5) is 0 Å². The van der Waals surface area contributed by atoms with Gasteiger partial charge in [-0.2, -0.15) is 0 Å². The summed E-state index contributed by atoms with van der Waals surface area (Å²) in [6, 6.07) is 0. The lowest BCUT2D eigenvalue weighted by atomic mass is 9.87. The van der Waals surface area contributed by atoms with Crippen LogP contribution in [0, 0.1) is 11.8 Å². The second kappa shape index (κ2) is 10.6. The summed E-state index contributed by atoms with van der Waals surface area (Å²) in [5, 5.41) is 8.56. The van der Waals surface area contributed by atoms with Gasteiger partial charge >= 0.3 is 5.97 Å². The Morgan fingerprint density at radius 3 is 2.62 bits per heavy atom. The molecule has 0 aromatic carbocycles. The summed E-state index contributed by atoms with van der Waals surface area (Å²) in [7, 11) is 0. The van der Waals surface area contributed by atoms with E-state index in [0.717, 1.165) is 51.4 Å². The maximum atomic E-state index is 11.9. The maximum Gasteiger partial charge on any atom is 0.303 e. The van der Waals surface area contributed by atoms with E-state index in [9.17, 15) is 9.59 Å². The van der Waals surface area contributed by atoms with Crippen LogP contribution in [0.5, 0.6) is 0 Å². The topological polar surface area (TPSA) is 54.4 Å². The number of hydrogen-bond donors (Lipinski definition) is 1. The third-order valence-electron chi connectivity index (χ3n) is 4.50. The standard InChI is InChI=1S/C18H30O3/c1-2-3-7-11-16-15(13-14-17(16)19)10-8-5-4-6-9-12-18(20)21/h3,7,15-16H,2,4-6,8-14H2,1H3,(H,20,21)/b7-3-/t15-,16-/m0/s1. The van der Waals surface area contributed by atoms with Crippen molar-refractivity contribution in [3.05, 3.63) is 12.2 Å². The molecular weight excluding hydrogens is 264 g/mol. The number of carboxylic acids is 1. The Morgan fingerprint density at radius 1 is 1.19 bits per heavy atom. The van der Waals surface area contributed by atoms with Gasteiger partial charge < -0.3 is 5.11 Å². The summed E-state index contributed by atoms with van der Waals surface area (Å²) in [6.45, 7) is 2.12. The summed E-state index contributed by atoms with van der Waals surface area (Å²) in [5.74, 6) is 0.613. The molecule has 0 aliphatic heterocycles. The molecule has 0 aromatic heterocycles. The highest BCUT2D eigenvalue weighted by molar-refractivity contribution is 5.83. The minimum absolute atomic E-state index is 0.264. The highest BCUT2D eigenvalue weighted by atomic mass is 16.4. The van der Waals surface area contributed by atoms with Crippen LogP contribution in [0.3, 0.4) is 0 Å². The fourth-order valence-electron chi connectivity index (χ4n) is 3.27. The average molecular weight is 294 g/mol. The minimum Gasteiger partial charge on any atom is -0.481 e. The number of Topliss-reactive ketones (excluding diaryl/α,β-unsaturated/α-hetero) is 1. The van der Waals surface area contributed by atoms with Gasteiger partial charge in [0.1, 0.15) is 5.78 Å². The van der Waals surface area contributed by atoms with Crippen LogP contribution in [0.25, 0.3) is 0 Å². The van der Waals surface area contributed by atoms with Crippen molar-refractivity contribution < 1.29 is 14.7 Å². The molecule has 0 saturated heterocycles. The number of carboxylic acid groups (broad SMARTS) is 1. The van der Waals surface area contributed by atoms with E-state index in [0.29, 0.717) is 18.1 Å². The molecule has 0 aromatic rings. The quantitative estimate of drug-likeness (QED) is 0.442. The molecule has 3 heteroatoms. The van der Waals surface area contributed by atoms with E-state index < -0.39 is 5.97 Å². The third-order valence-corrected chi connectivity index (χ3v) is 4.50. The first-order valence-electron chi connectivity index (χ1n) is 8.54. The molecule has 0 unspecified atom stereocenters. The number of carbonyl (C=O) groups excluding carboxylic acids is 1. The van der Waals surface area contributed by atoms with Gasteiger partial charge in [0.05, 0.1) is 0 Å². The van der Waals surface area contributed by atoms with Crippen LogP contribution >= 0.6 is 0 Å². The number of hydrogen-bond acceptors (Lipinski definition) is 2. The molecule has 1 fully saturated rings. The number of rotatable bonds is 11. The first-order chi connectivity index (χ1) is 10.1. The normalized spacial score (nSPS) is 22.2. The van der Waals surface area contributed by atoms with Crippen LogP contribution in [-0.2, 0) is 9.59 Å². The fraction of sp³-hybridized carbons (Fsp3) is 0.778. The molecule has 1 saturated carbocycles. The van der Waals surface area contributed by atoms with Crippen molar-refractivity contribution in [1.29, 1.82) is 0 Å². The van der Waals surface area contributed by atoms with E-state index in [-0.39, 0.29) is 5.92 Å². The van der Waals surface area contributed by atoms with Crippen LogP contribution in [0.15, 0.2) is 12.2 Å². The smallest absolute Gasteiger partial charge is 0.303 e.